The van der Waals surface area contributed by atoms with E-state index in [1.54, 1.807) is 7.11 Å². The first-order chi connectivity index (χ1) is 13.6. The van der Waals surface area contributed by atoms with Crippen molar-refractivity contribution in [2.45, 2.75) is 51.7 Å². The van der Waals surface area contributed by atoms with Crippen LogP contribution in [0.1, 0.15) is 47.4 Å². The Morgan fingerprint density at radius 3 is 2.68 bits per heavy atom. The smallest absolute Gasteiger partial charge is 0.255 e. The number of aryl methyl sites for hydroxylation is 2. The molecule has 1 aliphatic carbocycles. The first-order valence-corrected chi connectivity index (χ1v) is 10.0. The van der Waals surface area contributed by atoms with Crippen LogP contribution in [0.15, 0.2) is 18.3 Å². The molecule has 2 aromatic rings. The second-order valence-electron chi connectivity index (χ2n) is 7.38. The van der Waals surface area contributed by atoms with Crippen LogP contribution in [0.25, 0.3) is 5.65 Å². The fraction of sp³-hybridized carbons (Fsp3) is 0.619. The molecule has 0 atom stereocenters. The highest BCUT2D eigenvalue weighted by molar-refractivity contribution is 6.00. The van der Waals surface area contributed by atoms with Gasteiger partial charge in [-0.3, -0.25) is 4.79 Å². The topological polar surface area (TPSA) is 74.1 Å². The molecule has 1 fully saturated rings. The monoisotopic (exact) mass is 389 g/mol. The molecule has 154 valence electrons. The van der Waals surface area contributed by atoms with Crippen LogP contribution < -0.4 is 5.32 Å². The summed E-state index contributed by atoms with van der Waals surface area (Å²) in [5.74, 6) is -0.0455. The molecule has 3 rings (SSSR count). The molecule has 28 heavy (non-hydrogen) atoms. The highest BCUT2D eigenvalue weighted by Crippen LogP contribution is 2.22. The number of methoxy groups -OCH3 is 1. The Morgan fingerprint density at radius 2 is 1.93 bits per heavy atom. The number of carbonyl (C=O) groups is 1. The third kappa shape index (κ3) is 5.31. The van der Waals surface area contributed by atoms with E-state index in [2.05, 4.69) is 10.3 Å². The summed E-state index contributed by atoms with van der Waals surface area (Å²) in [5.41, 5.74) is 3.35. The van der Waals surface area contributed by atoms with Gasteiger partial charge in [-0.2, -0.15) is 0 Å². The van der Waals surface area contributed by atoms with Gasteiger partial charge in [-0.1, -0.05) is 0 Å². The van der Waals surface area contributed by atoms with Crippen molar-refractivity contribution in [1.29, 1.82) is 0 Å². The lowest BCUT2D eigenvalue weighted by atomic mass is 9.93. The van der Waals surface area contributed by atoms with Gasteiger partial charge in [0, 0.05) is 30.7 Å². The number of rotatable bonds is 9. The van der Waals surface area contributed by atoms with Crippen molar-refractivity contribution in [1.82, 2.24) is 14.7 Å². The molecule has 2 aromatic heterocycles. The molecular formula is C21H31N3O4. The van der Waals surface area contributed by atoms with Gasteiger partial charge in [0.15, 0.2) is 0 Å². The molecule has 1 amide bonds. The normalized spacial score (nSPS) is 19.8. The summed E-state index contributed by atoms with van der Waals surface area (Å²) in [6.07, 6.45) is 5.93. The molecule has 0 radical (unpaired) electrons. The third-order valence-electron chi connectivity index (χ3n) is 5.21. The Balaban J connectivity index is 1.44. The Hall–Kier alpha value is -1.96. The number of aromatic nitrogens is 2. The van der Waals surface area contributed by atoms with E-state index in [1.165, 1.54) is 0 Å². The largest absolute Gasteiger partial charge is 0.382 e. The number of nitrogens with one attached hydrogen (secondary N) is 1. The summed E-state index contributed by atoms with van der Waals surface area (Å²) in [4.78, 5) is 17.3. The van der Waals surface area contributed by atoms with E-state index in [-0.39, 0.29) is 18.1 Å². The zero-order chi connectivity index (χ0) is 19.9. The Kier molecular flexibility index (Phi) is 7.42. The van der Waals surface area contributed by atoms with Crippen LogP contribution in [0.2, 0.25) is 0 Å². The molecule has 0 bridgehead atoms. The Labute approximate surface area is 166 Å². The van der Waals surface area contributed by atoms with Crippen molar-refractivity contribution in [3.05, 3.63) is 35.3 Å². The summed E-state index contributed by atoms with van der Waals surface area (Å²) in [6, 6.07) is 4.05. The van der Waals surface area contributed by atoms with Crippen LogP contribution in [0.3, 0.4) is 0 Å². The highest BCUT2D eigenvalue weighted by Gasteiger charge is 2.24. The van der Waals surface area contributed by atoms with Crippen molar-refractivity contribution in [2.24, 2.45) is 0 Å². The van der Waals surface area contributed by atoms with E-state index in [1.807, 2.05) is 36.6 Å². The molecule has 0 unspecified atom stereocenters. The lowest BCUT2D eigenvalue weighted by Gasteiger charge is -2.29. The SMILES string of the molecule is COCCOCCOC1CCC(NC(=O)c2ccn3c(C)cc(C)nc23)CC1. The molecule has 7 heteroatoms. The number of carbonyl (C=O) groups excluding carboxylic acids is 1. The molecule has 0 saturated heterocycles. The first kappa shape index (κ1) is 20.8. The lowest BCUT2D eigenvalue weighted by molar-refractivity contribution is -0.0209. The van der Waals surface area contributed by atoms with Crippen LogP contribution in [-0.2, 0) is 14.2 Å². The fourth-order valence-electron chi connectivity index (χ4n) is 3.73. The maximum Gasteiger partial charge on any atom is 0.255 e. The third-order valence-corrected chi connectivity index (χ3v) is 5.21. The average Bonchev–Trinajstić information content (AvgIpc) is 3.10. The summed E-state index contributed by atoms with van der Waals surface area (Å²) < 4.78 is 18.2. The van der Waals surface area contributed by atoms with Gasteiger partial charge in [0.1, 0.15) is 5.65 Å². The van der Waals surface area contributed by atoms with Gasteiger partial charge in [0.05, 0.1) is 38.1 Å². The highest BCUT2D eigenvalue weighted by atomic mass is 16.5. The molecule has 1 aliphatic rings. The fourth-order valence-corrected chi connectivity index (χ4v) is 3.73. The van der Waals surface area contributed by atoms with E-state index in [0.717, 1.165) is 42.7 Å². The average molecular weight is 389 g/mol. The quantitative estimate of drug-likeness (QED) is 0.668. The minimum Gasteiger partial charge on any atom is -0.382 e. The van der Waals surface area contributed by atoms with Crippen LogP contribution in [0, 0.1) is 13.8 Å². The Morgan fingerprint density at radius 1 is 1.18 bits per heavy atom. The van der Waals surface area contributed by atoms with Crippen molar-refractivity contribution in [3.8, 4) is 0 Å². The number of ether oxygens (including phenoxy) is 3. The van der Waals surface area contributed by atoms with E-state index >= 15 is 0 Å². The molecule has 1 saturated carbocycles. The number of hydrogen-bond donors (Lipinski definition) is 1. The predicted octanol–water partition coefficient (Wildman–Crippen LogP) is 2.67. The number of fused-ring (bicyclic) bond motifs is 1. The second kappa shape index (κ2) is 10.0. The summed E-state index contributed by atoms with van der Waals surface area (Å²) >= 11 is 0. The minimum atomic E-state index is -0.0455. The maximum atomic E-state index is 12.8. The van der Waals surface area contributed by atoms with Crippen molar-refractivity contribution >= 4 is 11.6 Å². The predicted molar refractivity (Wildman–Crippen MR) is 107 cm³/mol. The molecular weight excluding hydrogens is 358 g/mol. The van der Waals surface area contributed by atoms with Crippen LogP contribution >= 0.6 is 0 Å². The van der Waals surface area contributed by atoms with Crippen molar-refractivity contribution in [2.75, 3.05) is 33.5 Å². The van der Waals surface area contributed by atoms with Gasteiger partial charge in [-0.05, 0) is 51.7 Å². The van der Waals surface area contributed by atoms with Crippen molar-refractivity contribution < 1.29 is 19.0 Å². The van der Waals surface area contributed by atoms with Gasteiger partial charge in [0.2, 0.25) is 0 Å². The van der Waals surface area contributed by atoms with Gasteiger partial charge < -0.3 is 23.9 Å². The molecule has 7 nitrogen and oxygen atoms in total. The molecule has 1 N–H and O–H groups in total. The van der Waals surface area contributed by atoms with Crippen LogP contribution in [0.4, 0.5) is 0 Å². The van der Waals surface area contributed by atoms with Crippen molar-refractivity contribution in [3.63, 3.8) is 0 Å². The zero-order valence-electron chi connectivity index (χ0n) is 17.1. The van der Waals surface area contributed by atoms with E-state index in [0.29, 0.717) is 32.0 Å². The zero-order valence-corrected chi connectivity index (χ0v) is 17.1. The minimum absolute atomic E-state index is 0.0455. The van der Waals surface area contributed by atoms with Crippen LogP contribution in [-0.4, -0.2) is 61.0 Å². The number of amides is 1. The second-order valence-corrected chi connectivity index (χ2v) is 7.38. The van der Waals surface area contributed by atoms with E-state index in [4.69, 9.17) is 14.2 Å². The maximum absolute atomic E-state index is 12.8. The summed E-state index contributed by atoms with van der Waals surface area (Å²) in [7, 11) is 1.66. The molecule has 2 heterocycles. The summed E-state index contributed by atoms with van der Waals surface area (Å²) in [5, 5.41) is 3.18. The standard InChI is InChI=1S/C21H31N3O4/c1-15-14-16(2)24-9-8-19(20(24)22-15)21(25)23-17-4-6-18(7-5-17)28-13-12-27-11-10-26-3/h8-9,14,17-18H,4-7,10-13H2,1-3H3,(H,23,25). The van der Waals surface area contributed by atoms with Gasteiger partial charge in [-0.25, -0.2) is 4.98 Å². The van der Waals surface area contributed by atoms with Gasteiger partial charge in [0.25, 0.3) is 5.91 Å². The van der Waals surface area contributed by atoms with Gasteiger partial charge >= 0.3 is 0 Å². The number of hydrogen-bond acceptors (Lipinski definition) is 5. The molecule has 0 spiro atoms. The Bertz CT molecular complexity index is 781. The number of nitrogens with zero attached hydrogens (tertiary/aromatic N) is 2. The van der Waals surface area contributed by atoms with Crippen LogP contribution in [0.5, 0.6) is 0 Å². The van der Waals surface area contributed by atoms with E-state index < -0.39 is 0 Å². The van der Waals surface area contributed by atoms with E-state index in [9.17, 15) is 4.79 Å². The molecule has 0 aliphatic heterocycles. The first-order valence-electron chi connectivity index (χ1n) is 10.0. The summed E-state index contributed by atoms with van der Waals surface area (Å²) in [6.45, 7) is 6.37. The lowest BCUT2D eigenvalue weighted by Crippen LogP contribution is -2.39. The molecule has 0 aromatic carbocycles. The van der Waals surface area contributed by atoms with Gasteiger partial charge in [-0.15, -0.1) is 0 Å².